The molecule has 0 bridgehead atoms. The first-order valence-electron chi connectivity index (χ1n) is 4.71. The third-order valence-electron chi connectivity index (χ3n) is 1.91. The summed E-state index contributed by atoms with van der Waals surface area (Å²) in [5, 5.41) is 0. The highest BCUT2D eigenvalue weighted by atomic mass is 14.0. The quantitative estimate of drug-likeness (QED) is 0.543. The van der Waals surface area contributed by atoms with Gasteiger partial charge in [-0.2, -0.15) is 0 Å². The zero-order chi connectivity index (χ0) is 8.69. The smallest absolute Gasteiger partial charge is 0.0174 e. The molecule has 0 nitrogen and oxygen atoms in total. The lowest BCUT2D eigenvalue weighted by atomic mass is 10.0. The van der Waals surface area contributed by atoms with E-state index in [1.54, 1.807) is 0 Å². The van der Waals surface area contributed by atoms with Crippen molar-refractivity contribution in [2.24, 2.45) is 11.8 Å². The standard InChI is InChI=1S/C11H20/c1-5-7-11(4)9-8-10(3)6-2/h10-11H,5-7H2,1-4H3. The van der Waals surface area contributed by atoms with Gasteiger partial charge in [0.1, 0.15) is 0 Å². The van der Waals surface area contributed by atoms with E-state index in [1.807, 2.05) is 0 Å². The molecule has 0 aromatic carbocycles. The summed E-state index contributed by atoms with van der Waals surface area (Å²) >= 11 is 0. The number of hydrogen-bond donors (Lipinski definition) is 0. The topological polar surface area (TPSA) is 0 Å². The third kappa shape index (κ3) is 5.98. The van der Waals surface area contributed by atoms with Crippen molar-refractivity contribution >= 4 is 0 Å². The molecule has 0 aliphatic heterocycles. The second-order valence-corrected chi connectivity index (χ2v) is 3.29. The Balaban J connectivity index is 3.66. The lowest BCUT2D eigenvalue weighted by Crippen LogP contribution is -1.91. The van der Waals surface area contributed by atoms with E-state index in [-0.39, 0.29) is 0 Å². The molecule has 0 saturated heterocycles. The maximum Gasteiger partial charge on any atom is 0.0174 e. The van der Waals surface area contributed by atoms with Gasteiger partial charge in [-0.25, -0.2) is 0 Å². The molecule has 2 unspecified atom stereocenters. The highest BCUT2D eigenvalue weighted by molar-refractivity contribution is 5.04. The first kappa shape index (κ1) is 10.6. The summed E-state index contributed by atoms with van der Waals surface area (Å²) in [7, 11) is 0. The monoisotopic (exact) mass is 152 g/mol. The van der Waals surface area contributed by atoms with Crippen LogP contribution in [0.2, 0.25) is 0 Å². The minimum atomic E-state index is 0.578. The normalized spacial score (nSPS) is 14.9. The lowest BCUT2D eigenvalue weighted by Gasteiger charge is -2.00. The molecule has 0 amide bonds. The minimum absolute atomic E-state index is 0.578. The first-order valence-corrected chi connectivity index (χ1v) is 4.71. The van der Waals surface area contributed by atoms with Crippen molar-refractivity contribution in [1.82, 2.24) is 0 Å². The summed E-state index contributed by atoms with van der Waals surface area (Å²) < 4.78 is 0. The molecular formula is C11H20. The highest BCUT2D eigenvalue weighted by Gasteiger charge is 1.94. The summed E-state index contributed by atoms with van der Waals surface area (Å²) in [6, 6.07) is 0. The molecule has 0 spiro atoms. The molecule has 0 heteroatoms. The van der Waals surface area contributed by atoms with E-state index in [0.717, 1.165) is 0 Å². The van der Waals surface area contributed by atoms with Crippen LogP contribution in [0, 0.1) is 23.7 Å². The Hall–Kier alpha value is -0.440. The maximum absolute atomic E-state index is 3.28. The van der Waals surface area contributed by atoms with Crippen molar-refractivity contribution in [3.63, 3.8) is 0 Å². The van der Waals surface area contributed by atoms with Crippen molar-refractivity contribution in [1.29, 1.82) is 0 Å². The maximum atomic E-state index is 3.28. The summed E-state index contributed by atoms with van der Waals surface area (Å²) in [6.07, 6.45) is 3.66. The minimum Gasteiger partial charge on any atom is -0.0999 e. The Morgan fingerprint density at radius 3 is 2.00 bits per heavy atom. The molecule has 0 aromatic rings. The molecule has 0 radical (unpaired) electrons. The van der Waals surface area contributed by atoms with Gasteiger partial charge in [-0.05, 0) is 12.8 Å². The number of rotatable bonds is 3. The fourth-order valence-electron chi connectivity index (χ4n) is 0.892. The van der Waals surface area contributed by atoms with Crippen LogP contribution in [0.4, 0.5) is 0 Å². The van der Waals surface area contributed by atoms with E-state index in [4.69, 9.17) is 0 Å². The second kappa shape index (κ2) is 6.28. The van der Waals surface area contributed by atoms with Gasteiger partial charge in [0.15, 0.2) is 0 Å². The predicted octanol–water partition coefficient (Wildman–Crippen LogP) is 3.47. The van der Waals surface area contributed by atoms with Crippen LogP contribution < -0.4 is 0 Å². The molecule has 0 saturated carbocycles. The van der Waals surface area contributed by atoms with Gasteiger partial charge in [-0.1, -0.05) is 46.0 Å². The number of hydrogen-bond acceptors (Lipinski definition) is 0. The molecule has 0 aromatic heterocycles. The van der Waals surface area contributed by atoms with Crippen LogP contribution in [0.25, 0.3) is 0 Å². The van der Waals surface area contributed by atoms with Crippen molar-refractivity contribution in [2.75, 3.05) is 0 Å². The molecule has 0 N–H and O–H groups in total. The van der Waals surface area contributed by atoms with Crippen molar-refractivity contribution in [3.8, 4) is 11.8 Å². The molecule has 0 aliphatic rings. The van der Waals surface area contributed by atoms with Gasteiger partial charge in [0.05, 0.1) is 0 Å². The van der Waals surface area contributed by atoms with Crippen molar-refractivity contribution in [3.05, 3.63) is 0 Å². The Kier molecular flexibility index (Phi) is 6.03. The van der Waals surface area contributed by atoms with Crippen LogP contribution in [-0.2, 0) is 0 Å². The van der Waals surface area contributed by atoms with Crippen LogP contribution in [-0.4, -0.2) is 0 Å². The van der Waals surface area contributed by atoms with Gasteiger partial charge in [0.2, 0.25) is 0 Å². The molecule has 0 aliphatic carbocycles. The molecule has 11 heavy (non-hydrogen) atoms. The Morgan fingerprint density at radius 2 is 1.55 bits per heavy atom. The summed E-state index contributed by atoms with van der Waals surface area (Å²) in [5.74, 6) is 7.72. The molecule has 2 atom stereocenters. The van der Waals surface area contributed by atoms with Crippen LogP contribution in [0.15, 0.2) is 0 Å². The van der Waals surface area contributed by atoms with Gasteiger partial charge in [0.25, 0.3) is 0 Å². The zero-order valence-corrected chi connectivity index (χ0v) is 8.28. The second-order valence-electron chi connectivity index (χ2n) is 3.29. The van der Waals surface area contributed by atoms with E-state index in [1.165, 1.54) is 19.3 Å². The fourth-order valence-corrected chi connectivity index (χ4v) is 0.892. The molecule has 0 rings (SSSR count). The van der Waals surface area contributed by atoms with Gasteiger partial charge in [-0.15, -0.1) is 0 Å². The van der Waals surface area contributed by atoms with Crippen molar-refractivity contribution in [2.45, 2.75) is 47.0 Å². The fraction of sp³-hybridized carbons (Fsp3) is 0.818. The van der Waals surface area contributed by atoms with Gasteiger partial charge < -0.3 is 0 Å². The van der Waals surface area contributed by atoms with Crippen molar-refractivity contribution < 1.29 is 0 Å². The largest absolute Gasteiger partial charge is 0.0999 e. The molecule has 0 fully saturated rings. The molecular weight excluding hydrogens is 132 g/mol. The van der Waals surface area contributed by atoms with E-state index in [0.29, 0.717) is 11.8 Å². The molecule has 64 valence electrons. The summed E-state index contributed by atoms with van der Waals surface area (Å²) in [5.41, 5.74) is 0. The first-order chi connectivity index (χ1) is 5.20. The van der Waals surface area contributed by atoms with Crippen LogP contribution in [0.3, 0.4) is 0 Å². The van der Waals surface area contributed by atoms with Gasteiger partial charge in [-0.3, -0.25) is 0 Å². The van der Waals surface area contributed by atoms with E-state index < -0.39 is 0 Å². The van der Waals surface area contributed by atoms with E-state index in [9.17, 15) is 0 Å². The van der Waals surface area contributed by atoms with Crippen LogP contribution >= 0.6 is 0 Å². The van der Waals surface area contributed by atoms with Crippen LogP contribution in [0.1, 0.15) is 47.0 Å². The SMILES string of the molecule is CCCC(C)C#CC(C)CC. The predicted molar refractivity (Wildman–Crippen MR) is 51.3 cm³/mol. The average Bonchev–Trinajstić information content (AvgIpc) is 2.01. The van der Waals surface area contributed by atoms with Gasteiger partial charge >= 0.3 is 0 Å². The highest BCUT2D eigenvalue weighted by Crippen LogP contribution is 2.04. The third-order valence-corrected chi connectivity index (χ3v) is 1.91. The Morgan fingerprint density at radius 1 is 1.00 bits per heavy atom. The van der Waals surface area contributed by atoms with Crippen LogP contribution in [0.5, 0.6) is 0 Å². The molecule has 0 heterocycles. The summed E-state index contributed by atoms with van der Waals surface area (Å²) in [4.78, 5) is 0. The Bertz CT molecular complexity index is 136. The Labute approximate surface area is 71.4 Å². The zero-order valence-electron chi connectivity index (χ0n) is 8.28. The summed E-state index contributed by atoms with van der Waals surface area (Å²) in [6.45, 7) is 8.79. The lowest BCUT2D eigenvalue weighted by molar-refractivity contribution is 0.647. The van der Waals surface area contributed by atoms with Gasteiger partial charge in [0, 0.05) is 11.8 Å². The van der Waals surface area contributed by atoms with E-state index >= 15 is 0 Å². The van der Waals surface area contributed by atoms with E-state index in [2.05, 4.69) is 39.5 Å². The average molecular weight is 152 g/mol.